The molecule has 0 N–H and O–H groups in total. The highest BCUT2D eigenvalue weighted by Gasteiger charge is 2.39. The number of ether oxygens (including phenoxy) is 2. The van der Waals surface area contributed by atoms with Gasteiger partial charge in [0.1, 0.15) is 0 Å². The summed E-state index contributed by atoms with van der Waals surface area (Å²) in [6.45, 7) is 1.80. The summed E-state index contributed by atoms with van der Waals surface area (Å²) in [4.78, 5) is 0. The van der Waals surface area contributed by atoms with Crippen LogP contribution in [0.15, 0.2) is 0 Å². The minimum absolute atomic E-state index is 0.176. The first-order valence-electron chi connectivity index (χ1n) is 5.16. The van der Waals surface area contributed by atoms with Gasteiger partial charge in [0.25, 0.3) is 0 Å². The molecule has 2 aliphatic heterocycles. The molecule has 2 rings (SSSR count). The van der Waals surface area contributed by atoms with Gasteiger partial charge in [-0.15, -0.1) is 0 Å². The maximum absolute atomic E-state index is 6.09. The summed E-state index contributed by atoms with van der Waals surface area (Å²) in [5, 5.41) is 0.982. The first-order valence-corrected chi connectivity index (χ1v) is 6.28. The van der Waals surface area contributed by atoms with E-state index in [2.05, 4.69) is 15.9 Å². The maximum Gasteiger partial charge on any atom is 0.0710 e. The maximum atomic E-state index is 6.09. The molecule has 3 heteroatoms. The van der Waals surface area contributed by atoms with Crippen molar-refractivity contribution in [2.24, 2.45) is 0 Å². The third-order valence-electron chi connectivity index (χ3n) is 3.13. The first-order chi connectivity index (χ1) is 6.35. The van der Waals surface area contributed by atoms with Gasteiger partial charge in [0.2, 0.25) is 0 Å². The van der Waals surface area contributed by atoms with E-state index >= 15 is 0 Å². The lowest BCUT2D eigenvalue weighted by atomic mass is 9.92. The Labute approximate surface area is 88.1 Å². The molecule has 0 aromatic carbocycles. The summed E-state index contributed by atoms with van der Waals surface area (Å²) < 4.78 is 11.6. The van der Waals surface area contributed by atoms with Crippen LogP contribution in [0, 0.1) is 0 Å². The van der Waals surface area contributed by atoms with Gasteiger partial charge >= 0.3 is 0 Å². The predicted molar refractivity (Wildman–Crippen MR) is 55.3 cm³/mol. The molecule has 13 heavy (non-hydrogen) atoms. The van der Waals surface area contributed by atoms with E-state index in [-0.39, 0.29) is 5.60 Å². The smallest absolute Gasteiger partial charge is 0.0710 e. The van der Waals surface area contributed by atoms with Gasteiger partial charge in [0.15, 0.2) is 0 Å². The molecule has 2 atom stereocenters. The van der Waals surface area contributed by atoms with Gasteiger partial charge in [-0.1, -0.05) is 15.9 Å². The monoisotopic (exact) mass is 248 g/mol. The van der Waals surface area contributed by atoms with Gasteiger partial charge in [-0.25, -0.2) is 0 Å². The number of hydrogen-bond acceptors (Lipinski definition) is 2. The zero-order valence-corrected chi connectivity index (χ0v) is 9.51. The third kappa shape index (κ3) is 2.25. The minimum atomic E-state index is 0.176. The van der Waals surface area contributed by atoms with E-state index in [9.17, 15) is 0 Å². The number of rotatable bonds is 1. The van der Waals surface area contributed by atoms with Crippen molar-refractivity contribution in [3.05, 3.63) is 0 Å². The molecule has 0 saturated carbocycles. The van der Waals surface area contributed by atoms with Crippen molar-refractivity contribution >= 4 is 15.9 Å². The van der Waals surface area contributed by atoms with E-state index in [1.807, 2.05) is 0 Å². The summed E-state index contributed by atoms with van der Waals surface area (Å²) in [6.07, 6.45) is 6.33. The summed E-state index contributed by atoms with van der Waals surface area (Å²) in [5.41, 5.74) is 0.176. The van der Waals surface area contributed by atoms with Gasteiger partial charge in [0, 0.05) is 18.5 Å². The molecule has 0 aliphatic carbocycles. The fourth-order valence-electron chi connectivity index (χ4n) is 2.35. The molecule has 1 spiro atoms. The summed E-state index contributed by atoms with van der Waals surface area (Å²) in [5.74, 6) is 0. The van der Waals surface area contributed by atoms with E-state index in [0.29, 0.717) is 6.10 Å². The summed E-state index contributed by atoms with van der Waals surface area (Å²) in [6, 6.07) is 0. The van der Waals surface area contributed by atoms with Crippen molar-refractivity contribution in [3.63, 3.8) is 0 Å². The highest BCUT2D eigenvalue weighted by Crippen LogP contribution is 2.38. The van der Waals surface area contributed by atoms with Crippen molar-refractivity contribution in [2.75, 3.05) is 18.5 Å². The lowest BCUT2D eigenvalue weighted by Gasteiger charge is -2.27. The molecule has 2 fully saturated rings. The predicted octanol–water partition coefficient (Wildman–Crippen LogP) is 2.50. The van der Waals surface area contributed by atoms with Crippen LogP contribution in [0.5, 0.6) is 0 Å². The second-order valence-electron chi connectivity index (χ2n) is 4.08. The Morgan fingerprint density at radius 3 is 2.92 bits per heavy atom. The van der Waals surface area contributed by atoms with E-state index < -0.39 is 0 Å². The minimum Gasteiger partial charge on any atom is -0.381 e. The first kappa shape index (κ1) is 9.94. The fourth-order valence-corrected chi connectivity index (χ4v) is 2.81. The Morgan fingerprint density at radius 1 is 1.23 bits per heavy atom. The lowest BCUT2D eigenvalue weighted by Crippen LogP contribution is -2.29. The normalized spacial score (nSPS) is 40.8. The van der Waals surface area contributed by atoms with Crippen molar-refractivity contribution in [3.8, 4) is 0 Å². The molecule has 76 valence electrons. The lowest BCUT2D eigenvalue weighted by molar-refractivity contribution is -0.0440. The van der Waals surface area contributed by atoms with Crippen LogP contribution in [0.2, 0.25) is 0 Å². The Bertz CT molecular complexity index is 164. The van der Waals surface area contributed by atoms with Crippen LogP contribution in [0.4, 0.5) is 0 Å². The van der Waals surface area contributed by atoms with E-state index in [1.165, 1.54) is 19.3 Å². The second-order valence-corrected chi connectivity index (χ2v) is 4.73. The van der Waals surface area contributed by atoms with Crippen molar-refractivity contribution in [1.29, 1.82) is 0 Å². The van der Waals surface area contributed by atoms with Crippen LogP contribution in [0.1, 0.15) is 32.1 Å². The molecule has 2 nitrogen and oxygen atoms in total. The highest BCUT2D eigenvalue weighted by atomic mass is 79.9. The highest BCUT2D eigenvalue weighted by molar-refractivity contribution is 9.09. The molecule has 2 aliphatic rings. The molecule has 2 heterocycles. The average molecular weight is 249 g/mol. The number of hydrogen-bond donors (Lipinski definition) is 0. The SMILES string of the molecule is BrCC1CCC2(CCCOCC2)O1. The molecule has 2 unspecified atom stereocenters. The van der Waals surface area contributed by atoms with Crippen LogP contribution >= 0.6 is 15.9 Å². The molecule has 0 bridgehead atoms. The average Bonchev–Trinajstić information content (AvgIpc) is 2.40. The van der Waals surface area contributed by atoms with Crippen LogP contribution in [0.25, 0.3) is 0 Å². The van der Waals surface area contributed by atoms with Gasteiger partial charge in [-0.3, -0.25) is 0 Å². The molecule has 0 aromatic heterocycles. The largest absolute Gasteiger partial charge is 0.381 e. The quantitative estimate of drug-likeness (QED) is 0.665. The van der Waals surface area contributed by atoms with Crippen molar-refractivity contribution < 1.29 is 9.47 Å². The topological polar surface area (TPSA) is 18.5 Å². The Hall–Kier alpha value is 0.400. The van der Waals surface area contributed by atoms with E-state index in [0.717, 1.165) is 31.4 Å². The van der Waals surface area contributed by atoms with Gasteiger partial charge in [0.05, 0.1) is 11.7 Å². The Kier molecular flexibility index (Phi) is 3.27. The molecule has 0 amide bonds. The van der Waals surface area contributed by atoms with Gasteiger partial charge in [-0.2, -0.15) is 0 Å². The molecule has 0 aromatic rings. The van der Waals surface area contributed by atoms with Crippen molar-refractivity contribution in [1.82, 2.24) is 0 Å². The standard InChI is InChI=1S/C10H17BrO2/c11-8-9-2-4-10(13-9)3-1-6-12-7-5-10/h9H,1-8H2. The van der Waals surface area contributed by atoms with E-state index in [4.69, 9.17) is 9.47 Å². The fraction of sp³-hybridized carbons (Fsp3) is 1.00. The Morgan fingerprint density at radius 2 is 2.15 bits per heavy atom. The van der Waals surface area contributed by atoms with Crippen LogP contribution in [-0.2, 0) is 9.47 Å². The Balaban J connectivity index is 1.95. The summed E-state index contributed by atoms with van der Waals surface area (Å²) in [7, 11) is 0. The molecular formula is C10H17BrO2. The molecule has 0 radical (unpaired) electrons. The number of alkyl halides is 1. The van der Waals surface area contributed by atoms with Gasteiger partial charge in [-0.05, 0) is 32.1 Å². The zero-order valence-electron chi connectivity index (χ0n) is 7.93. The molecule has 2 saturated heterocycles. The third-order valence-corrected chi connectivity index (χ3v) is 3.86. The van der Waals surface area contributed by atoms with Crippen molar-refractivity contribution in [2.45, 2.75) is 43.8 Å². The summed E-state index contributed by atoms with van der Waals surface area (Å²) >= 11 is 3.49. The second kappa shape index (κ2) is 4.28. The van der Waals surface area contributed by atoms with Crippen LogP contribution < -0.4 is 0 Å². The molecular weight excluding hydrogens is 232 g/mol. The number of halogens is 1. The van der Waals surface area contributed by atoms with Crippen LogP contribution in [-0.4, -0.2) is 30.2 Å². The zero-order chi connectivity index (χ0) is 9.15. The van der Waals surface area contributed by atoms with Gasteiger partial charge < -0.3 is 9.47 Å². The van der Waals surface area contributed by atoms with E-state index in [1.54, 1.807) is 0 Å². The van der Waals surface area contributed by atoms with Crippen LogP contribution in [0.3, 0.4) is 0 Å².